The number of benzene rings is 1. The molecule has 0 spiro atoms. The first-order valence-electron chi connectivity index (χ1n) is 4.50. The van der Waals surface area contributed by atoms with Crippen molar-refractivity contribution in [3.8, 4) is 0 Å². The van der Waals surface area contributed by atoms with Crippen LogP contribution in [0.5, 0.6) is 0 Å². The Balaban J connectivity index is 2.78. The van der Waals surface area contributed by atoms with Crippen LogP contribution in [0.1, 0.15) is 0 Å². The summed E-state index contributed by atoms with van der Waals surface area (Å²) in [7, 11) is 3.32. The third kappa shape index (κ3) is 3.35. The van der Waals surface area contributed by atoms with E-state index in [9.17, 15) is 9.18 Å². The second-order valence-electron chi connectivity index (χ2n) is 3.39. The normalized spacial score (nSPS) is 10.1. The van der Waals surface area contributed by atoms with E-state index in [1.165, 1.54) is 17.0 Å². The molecule has 1 aromatic carbocycles. The Hall–Kier alpha value is -0.810. The predicted molar refractivity (Wildman–Crippen MR) is 66.3 cm³/mol. The van der Waals surface area contributed by atoms with E-state index in [2.05, 4.69) is 21.2 Å². The minimum atomic E-state index is -0.429. The van der Waals surface area contributed by atoms with E-state index >= 15 is 0 Å². The van der Waals surface area contributed by atoms with Gasteiger partial charge in [-0.2, -0.15) is 0 Å². The lowest BCUT2D eigenvalue weighted by Gasteiger charge is -2.13. The molecule has 0 aliphatic carbocycles. The third-order valence-electron chi connectivity index (χ3n) is 1.92. The summed E-state index contributed by atoms with van der Waals surface area (Å²) in [6.45, 7) is 0.108. The Morgan fingerprint density at radius 2 is 2.19 bits per heavy atom. The highest BCUT2D eigenvalue weighted by Gasteiger charge is 2.10. The number of nitrogens with one attached hydrogen (secondary N) is 1. The van der Waals surface area contributed by atoms with Gasteiger partial charge in [-0.05, 0) is 28.1 Å². The van der Waals surface area contributed by atoms with Crippen molar-refractivity contribution in [3.63, 3.8) is 0 Å². The Morgan fingerprint density at radius 3 is 2.69 bits per heavy atom. The van der Waals surface area contributed by atoms with Crippen molar-refractivity contribution >= 4 is 39.1 Å². The highest BCUT2D eigenvalue weighted by Crippen LogP contribution is 2.31. The van der Waals surface area contributed by atoms with Crippen molar-refractivity contribution in [2.24, 2.45) is 0 Å². The van der Waals surface area contributed by atoms with Gasteiger partial charge >= 0.3 is 0 Å². The molecule has 0 bridgehead atoms. The van der Waals surface area contributed by atoms with Crippen LogP contribution in [0.4, 0.5) is 10.1 Å². The predicted octanol–water partition coefficient (Wildman–Crippen LogP) is 2.74. The molecule has 1 N–H and O–H groups in total. The lowest BCUT2D eigenvalue weighted by atomic mass is 10.3. The van der Waals surface area contributed by atoms with E-state index in [0.29, 0.717) is 10.2 Å². The lowest BCUT2D eigenvalue weighted by molar-refractivity contribution is -0.126. The molecule has 0 aliphatic heterocycles. The third-order valence-corrected chi connectivity index (χ3v) is 2.85. The number of nitrogens with zero attached hydrogens (tertiary/aromatic N) is 1. The molecule has 6 heteroatoms. The molecule has 0 aromatic heterocycles. The van der Waals surface area contributed by atoms with E-state index in [1.54, 1.807) is 14.1 Å². The van der Waals surface area contributed by atoms with Gasteiger partial charge in [0.1, 0.15) is 5.82 Å². The molecule has 1 aromatic rings. The van der Waals surface area contributed by atoms with Crippen LogP contribution in [-0.4, -0.2) is 31.4 Å². The number of anilines is 1. The van der Waals surface area contributed by atoms with Gasteiger partial charge in [-0.1, -0.05) is 11.6 Å². The van der Waals surface area contributed by atoms with Crippen LogP contribution in [-0.2, 0) is 4.79 Å². The van der Waals surface area contributed by atoms with Crippen LogP contribution < -0.4 is 5.32 Å². The molecule has 88 valence electrons. The number of hydrogen-bond acceptors (Lipinski definition) is 2. The van der Waals surface area contributed by atoms with Gasteiger partial charge in [0.25, 0.3) is 0 Å². The topological polar surface area (TPSA) is 32.3 Å². The number of likely N-dealkylation sites (N-methyl/N-ethyl adjacent to an activating group) is 1. The van der Waals surface area contributed by atoms with E-state index in [4.69, 9.17) is 11.6 Å². The van der Waals surface area contributed by atoms with Crippen molar-refractivity contribution in [1.29, 1.82) is 0 Å². The second-order valence-corrected chi connectivity index (χ2v) is 4.65. The molecule has 0 unspecified atom stereocenters. The maximum atomic E-state index is 12.9. The van der Waals surface area contributed by atoms with Crippen LogP contribution in [0.25, 0.3) is 0 Å². The Bertz CT molecular complexity index is 389. The fourth-order valence-electron chi connectivity index (χ4n) is 1.03. The van der Waals surface area contributed by atoms with Gasteiger partial charge in [0, 0.05) is 18.6 Å². The number of rotatable bonds is 3. The first-order valence-corrected chi connectivity index (χ1v) is 5.67. The highest BCUT2D eigenvalue weighted by molar-refractivity contribution is 9.10. The summed E-state index contributed by atoms with van der Waals surface area (Å²) < 4.78 is 13.4. The van der Waals surface area contributed by atoms with Crippen LogP contribution in [0.3, 0.4) is 0 Å². The van der Waals surface area contributed by atoms with Gasteiger partial charge in [-0.3, -0.25) is 4.79 Å². The average molecular weight is 310 g/mol. The van der Waals surface area contributed by atoms with E-state index in [0.717, 1.165) is 0 Å². The minimum absolute atomic E-state index is 0.0905. The zero-order chi connectivity index (χ0) is 12.3. The van der Waals surface area contributed by atoms with Crippen molar-refractivity contribution < 1.29 is 9.18 Å². The molecule has 1 amide bonds. The average Bonchev–Trinajstić information content (AvgIpc) is 2.15. The maximum Gasteiger partial charge on any atom is 0.241 e. The first kappa shape index (κ1) is 13.3. The van der Waals surface area contributed by atoms with E-state index in [-0.39, 0.29) is 17.5 Å². The lowest BCUT2D eigenvalue weighted by Crippen LogP contribution is -2.28. The van der Waals surface area contributed by atoms with Gasteiger partial charge in [-0.25, -0.2) is 4.39 Å². The monoisotopic (exact) mass is 308 g/mol. The standard InChI is InChI=1S/C10H11BrClFN2O/c1-15(2)9(16)5-14-10-7(11)3-6(13)4-8(10)12/h3-4,14H,5H2,1-2H3. The fourth-order valence-corrected chi connectivity index (χ4v) is 1.99. The summed E-state index contributed by atoms with van der Waals surface area (Å²) in [4.78, 5) is 12.8. The van der Waals surface area contributed by atoms with Gasteiger partial charge < -0.3 is 10.2 Å². The van der Waals surface area contributed by atoms with Crippen molar-refractivity contribution in [3.05, 3.63) is 27.4 Å². The molecule has 0 saturated carbocycles. The molecular formula is C10H11BrClFN2O. The van der Waals surface area contributed by atoms with Gasteiger partial charge in [0.15, 0.2) is 0 Å². The van der Waals surface area contributed by atoms with Crippen LogP contribution >= 0.6 is 27.5 Å². The Morgan fingerprint density at radius 1 is 1.56 bits per heavy atom. The number of hydrogen-bond donors (Lipinski definition) is 1. The second kappa shape index (κ2) is 5.50. The summed E-state index contributed by atoms with van der Waals surface area (Å²) in [5.41, 5.74) is 0.512. The first-order chi connectivity index (χ1) is 7.41. The summed E-state index contributed by atoms with van der Waals surface area (Å²) in [5.74, 6) is -0.520. The summed E-state index contributed by atoms with van der Waals surface area (Å²) in [5, 5.41) is 3.09. The molecular weight excluding hydrogens is 298 g/mol. The van der Waals surface area contributed by atoms with Crippen molar-refractivity contribution in [2.75, 3.05) is 26.0 Å². The van der Waals surface area contributed by atoms with Crippen LogP contribution in [0.2, 0.25) is 5.02 Å². The molecule has 16 heavy (non-hydrogen) atoms. The highest BCUT2D eigenvalue weighted by atomic mass is 79.9. The zero-order valence-corrected chi connectivity index (χ0v) is 11.2. The minimum Gasteiger partial charge on any atom is -0.374 e. The molecule has 0 atom stereocenters. The summed E-state index contributed by atoms with van der Waals surface area (Å²) in [6, 6.07) is 2.48. The fraction of sp³-hybridized carbons (Fsp3) is 0.300. The SMILES string of the molecule is CN(C)C(=O)CNc1c(Cl)cc(F)cc1Br. The number of amides is 1. The quantitative estimate of drug-likeness (QED) is 0.931. The van der Waals surface area contributed by atoms with Crippen LogP contribution in [0.15, 0.2) is 16.6 Å². The smallest absolute Gasteiger partial charge is 0.241 e. The summed E-state index contributed by atoms with van der Waals surface area (Å²) >= 11 is 9.01. The van der Waals surface area contributed by atoms with Crippen molar-refractivity contribution in [1.82, 2.24) is 4.90 Å². The molecule has 3 nitrogen and oxygen atoms in total. The van der Waals surface area contributed by atoms with Gasteiger partial charge in [-0.15, -0.1) is 0 Å². The Labute approximate surface area is 107 Å². The van der Waals surface area contributed by atoms with Gasteiger partial charge in [0.2, 0.25) is 5.91 Å². The van der Waals surface area contributed by atoms with E-state index < -0.39 is 5.82 Å². The molecule has 0 radical (unpaired) electrons. The molecule has 0 heterocycles. The maximum absolute atomic E-state index is 12.9. The molecule has 1 rings (SSSR count). The number of halogens is 3. The summed E-state index contributed by atoms with van der Waals surface area (Å²) in [6.07, 6.45) is 0. The van der Waals surface area contributed by atoms with E-state index in [1.807, 2.05) is 0 Å². The Kier molecular flexibility index (Phi) is 4.56. The number of carbonyl (C=O) groups excluding carboxylic acids is 1. The van der Waals surface area contributed by atoms with Crippen LogP contribution in [0, 0.1) is 5.82 Å². The molecule has 0 fully saturated rings. The largest absolute Gasteiger partial charge is 0.374 e. The molecule has 0 saturated heterocycles. The number of carbonyl (C=O) groups is 1. The van der Waals surface area contributed by atoms with Gasteiger partial charge in [0.05, 0.1) is 17.3 Å². The zero-order valence-electron chi connectivity index (χ0n) is 8.85. The molecule has 0 aliphatic rings. The van der Waals surface area contributed by atoms with Crippen molar-refractivity contribution in [2.45, 2.75) is 0 Å².